The van der Waals surface area contributed by atoms with Crippen LogP contribution in [0.3, 0.4) is 0 Å². The fourth-order valence-corrected chi connectivity index (χ4v) is 0.806. The number of nitrogens with zero attached hydrogens (tertiary/aromatic N) is 1. The van der Waals surface area contributed by atoms with E-state index in [-0.39, 0.29) is 0 Å². The van der Waals surface area contributed by atoms with E-state index in [1.807, 2.05) is 0 Å². The van der Waals surface area contributed by atoms with Crippen molar-refractivity contribution in [1.82, 2.24) is 10.2 Å². The summed E-state index contributed by atoms with van der Waals surface area (Å²) >= 11 is 0. The zero-order chi connectivity index (χ0) is 11.7. The van der Waals surface area contributed by atoms with E-state index in [0.717, 1.165) is 6.92 Å². The minimum atomic E-state index is -3.08. The first-order chi connectivity index (χ1) is 6.75. The highest BCUT2D eigenvalue weighted by Gasteiger charge is 2.48. The highest BCUT2D eigenvalue weighted by atomic mass is 19.3. The molecular formula is C9H13F2N3O. The number of anilines is 1. The molecule has 0 aromatic carbocycles. The van der Waals surface area contributed by atoms with E-state index >= 15 is 0 Å². The van der Waals surface area contributed by atoms with Gasteiger partial charge in [-0.3, -0.25) is 9.89 Å². The number of amides is 1. The molecule has 0 unspecified atom stereocenters. The number of rotatable bonds is 3. The van der Waals surface area contributed by atoms with Crippen molar-refractivity contribution in [2.45, 2.75) is 26.7 Å². The summed E-state index contributed by atoms with van der Waals surface area (Å²) in [6, 6.07) is 0. The van der Waals surface area contributed by atoms with Crippen LogP contribution in [-0.4, -0.2) is 22.0 Å². The predicted octanol–water partition coefficient (Wildman–Crippen LogP) is 2.03. The summed E-state index contributed by atoms with van der Waals surface area (Å²) in [5.74, 6) is -3.82. The average Bonchev–Trinajstić information content (AvgIpc) is 2.54. The fourth-order valence-electron chi connectivity index (χ4n) is 0.806. The number of halogens is 2. The molecule has 0 saturated heterocycles. The lowest BCUT2D eigenvalue weighted by Gasteiger charge is -2.29. The molecular weight excluding hydrogens is 204 g/mol. The molecule has 0 aliphatic heterocycles. The molecule has 0 aliphatic carbocycles. The number of nitrogens with one attached hydrogen (secondary N) is 2. The summed E-state index contributed by atoms with van der Waals surface area (Å²) in [5, 5.41) is 8.42. The maximum absolute atomic E-state index is 13.1. The predicted molar refractivity (Wildman–Crippen MR) is 51.6 cm³/mol. The quantitative estimate of drug-likeness (QED) is 0.813. The molecule has 0 saturated carbocycles. The molecule has 1 aromatic heterocycles. The molecule has 4 nitrogen and oxygen atoms in total. The van der Waals surface area contributed by atoms with Crippen molar-refractivity contribution < 1.29 is 13.6 Å². The minimum absolute atomic E-state index is 0.373. The van der Waals surface area contributed by atoms with Crippen LogP contribution in [0, 0.1) is 5.41 Å². The van der Waals surface area contributed by atoms with Crippen LogP contribution in [0.15, 0.2) is 12.4 Å². The van der Waals surface area contributed by atoms with E-state index in [9.17, 15) is 13.6 Å². The van der Waals surface area contributed by atoms with Crippen LogP contribution in [0.4, 0.5) is 14.5 Å². The number of alkyl halides is 2. The Bertz CT molecular complexity index is 341. The Morgan fingerprint density at radius 1 is 1.47 bits per heavy atom. The van der Waals surface area contributed by atoms with Crippen molar-refractivity contribution in [1.29, 1.82) is 0 Å². The van der Waals surface area contributed by atoms with Crippen molar-refractivity contribution in [3.8, 4) is 0 Å². The Morgan fingerprint density at radius 3 is 2.47 bits per heavy atom. The third kappa shape index (κ3) is 2.31. The first kappa shape index (κ1) is 11.6. The van der Waals surface area contributed by atoms with Crippen molar-refractivity contribution in [3.63, 3.8) is 0 Å². The standard InChI is InChI=1S/C9H13F2N3O/c1-8(2,9(3,10)11)7(15)14-6-4-12-13-5-6/h4-5H,1-3H3,(H,12,13)(H,14,15). The fraction of sp³-hybridized carbons (Fsp3) is 0.556. The SMILES string of the molecule is CC(F)(F)C(C)(C)C(=O)Nc1cn[nH]c1. The van der Waals surface area contributed by atoms with Gasteiger partial charge in [-0.1, -0.05) is 0 Å². The molecule has 1 amide bonds. The zero-order valence-electron chi connectivity index (χ0n) is 8.77. The van der Waals surface area contributed by atoms with E-state index < -0.39 is 17.2 Å². The first-order valence-electron chi connectivity index (χ1n) is 4.43. The number of hydrogen-bond donors (Lipinski definition) is 2. The van der Waals surface area contributed by atoms with Gasteiger partial charge in [0.2, 0.25) is 5.91 Å². The number of carbonyl (C=O) groups excluding carboxylic acids is 1. The van der Waals surface area contributed by atoms with Crippen LogP contribution in [0.1, 0.15) is 20.8 Å². The second kappa shape index (κ2) is 3.60. The maximum atomic E-state index is 13.1. The van der Waals surface area contributed by atoms with E-state index in [1.165, 1.54) is 26.2 Å². The Balaban J connectivity index is 2.77. The molecule has 2 N–H and O–H groups in total. The molecule has 1 rings (SSSR count). The smallest absolute Gasteiger partial charge is 0.259 e. The highest BCUT2D eigenvalue weighted by Crippen LogP contribution is 2.36. The molecule has 0 radical (unpaired) electrons. The minimum Gasteiger partial charge on any atom is -0.323 e. The number of carbonyl (C=O) groups is 1. The second-order valence-corrected chi connectivity index (χ2v) is 3.95. The van der Waals surface area contributed by atoms with E-state index in [4.69, 9.17) is 0 Å². The van der Waals surface area contributed by atoms with Gasteiger partial charge >= 0.3 is 0 Å². The van der Waals surface area contributed by atoms with Crippen molar-refractivity contribution in [2.24, 2.45) is 5.41 Å². The molecule has 0 fully saturated rings. The summed E-state index contributed by atoms with van der Waals surface area (Å²) in [7, 11) is 0. The number of H-pyrrole nitrogens is 1. The van der Waals surface area contributed by atoms with E-state index in [2.05, 4.69) is 15.5 Å². The van der Waals surface area contributed by atoms with Crippen molar-refractivity contribution >= 4 is 11.6 Å². The van der Waals surface area contributed by atoms with Crippen LogP contribution in [-0.2, 0) is 4.79 Å². The second-order valence-electron chi connectivity index (χ2n) is 3.95. The molecule has 0 aliphatic rings. The molecule has 1 heterocycles. The number of aromatic nitrogens is 2. The van der Waals surface area contributed by atoms with Gasteiger partial charge in [-0.05, 0) is 13.8 Å². The Morgan fingerprint density at radius 2 is 2.07 bits per heavy atom. The maximum Gasteiger partial charge on any atom is 0.259 e. The Hall–Kier alpha value is -1.46. The van der Waals surface area contributed by atoms with Gasteiger partial charge in [0, 0.05) is 13.1 Å². The summed E-state index contributed by atoms with van der Waals surface area (Å²) in [6.07, 6.45) is 2.77. The van der Waals surface area contributed by atoms with Crippen LogP contribution in [0.5, 0.6) is 0 Å². The molecule has 15 heavy (non-hydrogen) atoms. The monoisotopic (exact) mass is 217 g/mol. The van der Waals surface area contributed by atoms with E-state index in [1.54, 1.807) is 0 Å². The summed E-state index contributed by atoms with van der Waals surface area (Å²) in [4.78, 5) is 11.5. The summed E-state index contributed by atoms with van der Waals surface area (Å²) in [6.45, 7) is 3.12. The number of hydrogen-bond acceptors (Lipinski definition) is 2. The van der Waals surface area contributed by atoms with Gasteiger partial charge in [-0.15, -0.1) is 0 Å². The average molecular weight is 217 g/mol. The lowest BCUT2D eigenvalue weighted by molar-refractivity contribution is -0.145. The zero-order valence-corrected chi connectivity index (χ0v) is 8.77. The molecule has 6 heteroatoms. The van der Waals surface area contributed by atoms with Gasteiger partial charge in [0.05, 0.1) is 11.9 Å². The van der Waals surface area contributed by atoms with E-state index in [0.29, 0.717) is 5.69 Å². The topological polar surface area (TPSA) is 57.8 Å². The largest absolute Gasteiger partial charge is 0.323 e. The first-order valence-corrected chi connectivity index (χ1v) is 4.43. The van der Waals surface area contributed by atoms with Crippen LogP contribution >= 0.6 is 0 Å². The molecule has 0 spiro atoms. The van der Waals surface area contributed by atoms with Crippen LogP contribution in [0.25, 0.3) is 0 Å². The highest BCUT2D eigenvalue weighted by molar-refractivity contribution is 5.95. The molecule has 1 aromatic rings. The Kier molecular flexibility index (Phi) is 2.79. The van der Waals surface area contributed by atoms with Gasteiger partial charge in [-0.2, -0.15) is 5.10 Å². The van der Waals surface area contributed by atoms with Gasteiger partial charge in [-0.25, -0.2) is 8.78 Å². The molecule has 0 bridgehead atoms. The normalized spacial score (nSPS) is 12.6. The third-order valence-corrected chi connectivity index (χ3v) is 2.42. The van der Waals surface area contributed by atoms with Gasteiger partial charge in [0.15, 0.2) is 0 Å². The lowest BCUT2D eigenvalue weighted by atomic mass is 9.85. The van der Waals surface area contributed by atoms with Gasteiger partial charge in [0.1, 0.15) is 5.41 Å². The lowest BCUT2D eigenvalue weighted by Crippen LogP contribution is -2.44. The van der Waals surface area contributed by atoms with Gasteiger partial charge < -0.3 is 5.32 Å². The molecule has 0 atom stereocenters. The third-order valence-electron chi connectivity index (χ3n) is 2.42. The van der Waals surface area contributed by atoms with Crippen molar-refractivity contribution in [3.05, 3.63) is 12.4 Å². The molecule has 84 valence electrons. The van der Waals surface area contributed by atoms with Gasteiger partial charge in [0.25, 0.3) is 5.92 Å². The summed E-state index contributed by atoms with van der Waals surface area (Å²) < 4.78 is 26.2. The number of aromatic amines is 1. The van der Waals surface area contributed by atoms with Crippen molar-refractivity contribution in [2.75, 3.05) is 5.32 Å². The van der Waals surface area contributed by atoms with Crippen LogP contribution < -0.4 is 5.32 Å². The Labute approximate surface area is 86.1 Å². The summed E-state index contributed by atoms with van der Waals surface area (Å²) in [5.41, 5.74) is -1.39. The van der Waals surface area contributed by atoms with Crippen LogP contribution in [0.2, 0.25) is 0 Å².